The van der Waals surface area contributed by atoms with Crippen LogP contribution >= 0.6 is 0 Å². The lowest BCUT2D eigenvalue weighted by molar-refractivity contribution is -0.116. The summed E-state index contributed by atoms with van der Waals surface area (Å²) in [5.41, 5.74) is 2.30. The maximum absolute atomic E-state index is 10.9. The molecule has 1 saturated carbocycles. The number of Topliss-reactive ketones (excluding diaryl/α,β-unsaturated/α-hetero) is 1. The minimum Gasteiger partial charge on any atom is -0.374 e. The van der Waals surface area contributed by atoms with Gasteiger partial charge in [-0.2, -0.15) is 0 Å². The predicted octanol–water partition coefficient (Wildman–Crippen LogP) is 2.45. The van der Waals surface area contributed by atoms with Gasteiger partial charge < -0.3 is 4.74 Å². The Labute approximate surface area is 90.3 Å². The van der Waals surface area contributed by atoms with Crippen molar-refractivity contribution in [3.05, 3.63) is 35.4 Å². The Morgan fingerprint density at radius 2 is 1.93 bits per heavy atom. The van der Waals surface area contributed by atoms with E-state index in [0.717, 1.165) is 18.4 Å². The molecule has 2 rings (SSSR count). The van der Waals surface area contributed by atoms with Crippen molar-refractivity contribution in [3.8, 4) is 0 Å². The Kier molecular flexibility index (Phi) is 2.61. The van der Waals surface area contributed by atoms with Gasteiger partial charge in [-0.1, -0.05) is 24.3 Å². The minimum atomic E-state index is -0.0191. The van der Waals surface area contributed by atoms with Crippen molar-refractivity contribution < 1.29 is 9.53 Å². The molecular weight excluding hydrogens is 188 g/mol. The Morgan fingerprint density at radius 3 is 2.33 bits per heavy atom. The van der Waals surface area contributed by atoms with Crippen LogP contribution in [0.1, 0.15) is 30.9 Å². The normalized spacial score (nSPS) is 17.5. The predicted molar refractivity (Wildman–Crippen MR) is 58.7 cm³/mol. The summed E-state index contributed by atoms with van der Waals surface area (Å²) < 4.78 is 5.49. The van der Waals surface area contributed by atoms with Gasteiger partial charge in [0.15, 0.2) is 0 Å². The molecule has 0 heterocycles. The molecule has 0 N–H and O–H groups in total. The van der Waals surface area contributed by atoms with Crippen molar-refractivity contribution in [2.45, 2.75) is 31.8 Å². The fourth-order valence-electron chi connectivity index (χ4n) is 1.94. The van der Waals surface area contributed by atoms with E-state index in [9.17, 15) is 4.79 Å². The third-order valence-electron chi connectivity index (χ3n) is 3.03. The molecule has 80 valence electrons. The molecule has 15 heavy (non-hydrogen) atoms. The van der Waals surface area contributed by atoms with Crippen LogP contribution in [0.2, 0.25) is 0 Å². The molecule has 2 nitrogen and oxygen atoms in total. The molecule has 0 saturated heterocycles. The van der Waals surface area contributed by atoms with E-state index < -0.39 is 0 Å². The van der Waals surface area contributed by atoms with Crippen LogP contribution in [-0.4, -0.2) is 12.9 Å². The van der Waals surface area contributed by atoms with Crippen LogP contribution in [0.4, 0.5) is 0 Å². The second kappa shape index (κ2) is 3.78. The maximum Gasteiger partial charge on any atom is 0.134 e. The molecule has 0 spiro atoms. The first-order chi connectivity index (χ1) is 7.16. The van der Waals surface area contributed by atoms with Gasteiger partial charge >= 0.3 is 0 Å². The summed E-state index contributed by atoms with van der Waals surface area (Å²) in [6.07, 6.45) is 2.74. The monoisotopic (exact) mass is 204 g/mol. The highest BCUT2D eigenvalue weighted by Crippen LogP contribution is 2.48. The minimum absolute atomic E-state index is 0.0191. The first-order valence-electron chi connectivity index (χ1n) is 5.30. The smallest absolute Gasteiger partial charge is 0.134 e. The molecule has 1 fully saturated rings. The highest BCUT2D eigenvalue weighted by Gasteiger charge is 2.44. The number of methoxy groups -OCH3 is 1. The summed E-state index contributed by atoms with van der Waals surface area (Å²) in [5, 5.41) is 0. The molecule has 0 bridgehead atoms. The first-order valence-corrected chi connectivity index (χ1v) is 5.30. The van der Waals surface area contributed by atoms with E-state index in [2.05, 4.69) is 12.1 Å². The average molecular weight is 204 g/mol. The number of ether oxygens (including phenoxy) is 1. The van der Waals surface area contributed by atoms with Crippen LogP contribution in [0.15, 0.2) is 24.3 Å². The third-order valence-corrected chi connectivity index (χ3v) is 3.03. The van der Waals surface area contributed by atoms with Crippen LogP contribution in [0, 0.1) is 0 Å². The van der Waals surface area contributed by atoms with Gasteiger partial charge in [-0.3, -0.25) is 4.79 Å². The van der Waals surface area contributed by atoms with E-state index >= 15 is 0 Å². The Morgan fingerprint density at radius 1 is 1.33 bits per heavy atom. The topological polar surface area (TPSA) is 26.3 Å². The molecule has 0 atom stereocenters. The molecule has 0 radical (unpaired) electrons. The zero-order valence-corrected chi connectivity index (χ0v) is 9.25. The van der Waals surface area contributed by atoms with Crippen LogP contribution in [0.5, 0.6) is 0 Å². The quantitative estimate of drug-likeness (QED) is 0.753. The Hall–Kier alpha value is -1.15. The lowest BCUT2D eigenvalue weighted by Gasteiger charge is -2.13. The summed E-state index contributed by atoms with van der Waals surface area (Å²) >= 11 is 0. The molecule has 0 unspecified atom stereocenters. The summed E-state index contributed by atoms with van der Waals surface area (Å²) in [6, 6.07) is 8.20. The highest BCUT2D eigenvalue weighted by molar-refractivity contribution is 5.78. The van der Waals surface area contributed by atoms with Crippen molar-refractivity contribution >= 4 is 5.78 Å². The molecule has 1 aliphatic rings. The average Bonchev–Trinajstić information content (AvgIpc) is 2.99. The fraction of sp³-hybridized carbons (Fsp3) is 0.462. The van der Waals surface area contributed by atoms with Crippen molar-refractivity contribution in [1.29, 1.82) is 0 Å². The van der Waals surface area contributed by atoms with Gasteiger partial charge in [0.05, 0.1) is 5.60 Å². The van der Waals surface area contributed by atoms with Crippen LogP contribution in [0.25, 0.3) is 0 Å². The van der Waals surface area contributed by atoms with E-state index in [1.165, 1.54) is 5.56 Å². The SMILES string of the molecule is COC1(c2ccc(CC(C)=O)cc2)CC1. The van der Waals surface area contributed by atoms with E-state index in [-0.39, 0.29) is 11.4 Å². The van der Waals surface area contributed by atoms with Gasteiger partial charge in [0.25, 0.3) is 0 Å². The van der Waals surface area contributed by atoms with Crippen LogP contribution in [-0.2, 0) is 21.6 Å². The number of hydrogen-bond donors (Lipinski definition) is 0. The number of hydrogen-bond acceptors (Lipinski definition) is 2. The number of carbonyl (C=O) groups is 1. The van der Waals surface area contributed by atoms with E-state index in [4.69, 9.17) is 4.74 Å². The second-order valence-corrected chi connectivity index (χ2v) is 4.27. The van der Waals surface area contributed by atoms with Crippen molar-refractivity contribution in [2.24, 2.45) is 0 Å². The summed E-state index contributed by atoms with van der Waals surface area (Å²) in [7, 11) is 1.76. The van der Waals surface area contributed by atoms with Gasteiger partial charge in [0.1, 0.15) is 5.78 Å². The molecular formula is C13H16O2. The largest absolute Gasteiger partial charge is 0.374 e. The van der Waals surface area contributed by atoms with Gasteiger partial charge in [0.2, 0.25) is 0 Å². The number of carbonyl (C=O) groups excluding carboxylic acids is 1. The van der Waals surface area contributed by atoms with Crippen LogP contribution < -0.4 is 0 Å². The maximum atomic E-state index is 10.9. The van der Waals surface area contributed by atoms with Crippen molar-refractivity contribution in [1.82, 2.24) is 0 Å². The summed E-state index contributed by atoms with van der Waals surface area (Å²) in [5.74, 6) is 0.204. The summed E-state index contributed by atoms with van der Waals surface area (Å²) in [6.45, 7) is 1.62. The Balaban J connectivity index is 2.14. The molecule has 1 aromatic carbocycles. The van der Waals surface area contributed by atoms with Gasteiger partial charge in [-0.25, -0.2) is 0 Å². The number of ketones is 1. The standard InChI is InChI=1S/C13H16O2/c1-10(14)9-11-3-5-12(6-4-11)13(15-2)7-8-13/h3-6H,7-9H2,1-2H3. The highest BCUT2D eigenvalue weighted by atomic mass is 16.5. The molecule has 0 aliphatic heterocycles. The molecule has 0 amide bonds. The Bertz CT molecular complexity index is 361. The molecule has 1 aliphatic carbocycles. The van der Waals surface area contributed by atoms with E-state index in [1.807, 2.05) is 12.1 Å². The van der Waals surface area contributed by atoms with Crippen molar-refractivity contribution in [2.75, 3.05) is 7.11 Å². The van der Waals surface area contributed by atoms with Crippen LogP contribution in [0.3, 0.4) is 0 Å². The van der Waals surface area contributed by atoms with E-state index in [1.54, 1.807) is 14.0 Å². The van der Waals surface area contributed by atoms with Gasteiger partial charge in [-0.05, 0) is 30.9 Å². The fourth-order valence-corrected chi connectivity index (χ4v) is 1.94. The van der Waals surface area contributed by atoms with E-state index in [0.29, 0.717) is 6.42 Å². The number of rotatable bonds is 4. The lowest BCUT2D eigenvalue weighted by Crippen LogP contribution is -2.08. The van der Waals surface area contributed by atoms with Gasteiger partial charge in [0, 0.05) is 13.5 Å². The number of benzene rings is 1. The van der Waals surface area contributed by atoms with Crippen molar-refractivity contribution in [3.63, 3.8) is 0 Å². The molecule has 0 aromatic heterocycles. The zero-order chi connectivity index (χ0) is 10.9. The van der Waals surface area contributed by atoms with Gasteiger partial charge in [-0.15, -0.1) is 0 Å². The first kappa shape index (κ1) is 10.4. The zero-order valence-electron chi connectivity index (χ0n) is 9.25. The lowest BCUT2D eigenvalue weighted by atomic mass is 10.0. The molecule has 2 heteroatoms. The second-order valence-electron chi connectivity index (χ2n) is 4.27. The molecule has 1 aromatic rings. The summed E-state index contributed by atoms with van der Waals surface area (Å²) in [4.78, 5) is 10.9. The third kappa shape index (κ3) is 2.10.